The van der Waals surface area contributed by atoms with Gasteiger partial charge in [-0.2, -0.15) is 0 Å². The fraction of sp³-hybridized carbons (Fsp3) is 0.500. The number of aryl methyl sites for hydroxylation is 2. The number of benzene rings is 1. The van der Waals surface area contributed by atoms with Crippen molar-refractivity contribution >= 4 is 11.8 Å². The van der Waals surface area contributed by atoms with Crippen molar-refractivity contribution in [2.45, 2.75) is 39.5 Å². The molecular formula is C16H20O3. The van der Waals surface area contributed by atoms with Crippen molar-refractivity contribution in [2.24, 2.45) is 11.8 Å². The number of hydrogen-bond acceptors (Lipinski definition) is 2. The number of aliphatic carboxylic acids is 1. The first kappa shape index (κ1) is 13.8. The van der Waals surface area contributed by atoms with Crippen LogP contribution < -0.4 is 0 Å². The van der Waals surface area contributed by atoms with E-state index >= 15 is 0 Å². The summed E-state index contributed by atoms with van der Waals surface area (Å²) >= 11 is 0. The van der Waals surface area contributed by atoms with E-state index in [1.54, 1.807) is 0 Å². The van der Waals surface area contributed by atoms with Crippen LogP contribution in [0.2, 0.25) is 0 Å². The zero-order valence-electron chi connectivity index (χ0n) is 11.5. The van der Waals surface area contributed by atoms with Crippen LogP contribution in [0.15, 0.2) is 18.2 Å². The number of hydrogen-bond donors (Lipinski definition) is 1. The van der Waals surface area contributed by atoms with Gasteiger partial charge in [0.15, 0.2) is 5.78 Å². The highest BCUT2D eigenvalue weighted by Crippen LogP contribution is 2.33. The first-order valence-electron chi connectivity index (χ1n) is 6.85. The Kier molecular flexibility index (Phi) is 4.03. The molecule has 19 heavy (non-hydrogen) atoms. The van der Waals surface area contributed by atoms with Crippen LogP contribution in [0.3, 0.4) is 0 Å². The van der Waals surface area contributed by atoms with Gasteiger partial charge in [-0.15, -0.1) is 0 Å². The summed E-state index contributed by atoms with van der Waals surface area (Å²) in [6.45, 7) is 3.86. The molecule has 1 aromatic rings. The number of carbonyl (C=O) groups excluding carboxylic acids is 1. The van der Waals surface area contributed by atoms with Gasteiger partial charge in [-0.1, -0.05) is 30.5 Å². The van der Waals surface area contributed by atoms with Gasteiger partial charge in [0.2, 0.25) is 0 Å². The maximum absolute atomic E-state index is 12.6. The normalized spacial score (nSPS) is 23.1. The Morgan fingerprint density at radius 1 is 1.11 bits per heavy atom. The number of rotatable bonds is 3. The predicted octanol–water partition coefficient (Wildman–Crippen LogP) is 3.38. The summed E-state index contributed by atoms with van der Waals surface area (Å²) in [6.07, 6.45) is 3.18. The van der Waals surface area contributed by atoms with E-state index in [2.05, 4.69) is 0 Å². The van der Waals surface area contributed by atoms with Crippen LogP contribution in [-0.4, -0.2) is 16.9 Å². The van der Waals surface area contributed by atoms with E-state index < -0.39 is 11.9 Å². The quantitative estimate of drug-likeness (QED) is 0.848. The van der Waals surface area contributed by atoms with Crippen molar-refractivity contribution in [3.63, 3.8) is 0 Å². The summed E-state index contributed by atoms with van der Waals surface area (Å²) in [6, 6.07) is 5.79. The summed E-state index contributed by atoms with van der Waals surface area (Å²) in [5.74, 6) is -1.69. The second kappa shape index (κ2) is 5.55. The molecule has 1 aliphatic rings. The second-order valence-corrected chi connectivity index (χ2v) is 5.52. The highest BCUT2D eigenvalue weighted by Gasteiger charge is 2.36. The Bertz CT molecular complexity index is 505. The van der Waals surface area contributed by atoms with E-state index in [1.165, 1.54) is 0 Å². The highest BCUT2D eigenvalue weighted by molar-refractivity contribution is 6.01. The van der Waals surface area contributed by atoms with Crippen LogP contribution in [0.4, 0.5) is 0 Å². The molecule has 0 unspecified atom stereocenters. The fourth-order valence-corrected chi connectivity index (χ4v) is 2.94. The Hall–Kier alpha value is -1.64. The van der Waals surface area contributed by atoms with Crippen molar-refractivity contribution in [1.82, 2.24) is 0 Å². The third kappa shape index (κ3) is 2.86. The predicted molar refractivity (Wildman–Crippen MR) is 73.3 cm³/mol. The smallest absolute Gasteiger partial charge is 0.307 e. The maximum Gasteiger partial charge on any atom is 0.307 e. The van der Waals surface area contributed by atoms with Crippen molar-refractivity contribution < 1.29 is 14.7 Å². The Balaban J connectivity index is 2.31. The monoisotopic (exact) mass is 260 g/mol. The topological polar surface area (TPSA) is 54.4 Å². The summed E-state index contributed by atoms with van der Waals surface area (Å²) < 4.78 is 0. The van der Waals surface area contributed by atoms with Gasteiger partial charge in [0.1, 0.15) is 0 Å². The SMILES string of the molecule is Cc1ccc(C)c(C(=O)[C@H]2CCCC[C@@H]2C(=O)O)c1. The molecule has 0 aromatic heterocycles. The molecule has 1 N–H and O–H groups in total. The van der Waals surface area contributed by atoms with Gasteiger partial charge in [0, 0.05) is 11.5 Å². The molecule has 0 aliphatic heterocycles. The van der Waals surface area contributed by atoms with Crippen molar-refractivity contribution in [3.8, 4) is 0 Å². The molecular weight excluding hydrogens is 240 g/mol. The van der Waals surface area contributed by atoms with Gasteiger partial charge in [-0.3, -0.25) is 9.59 Å². The van der Waals surface area contributed by atoms with Crippen LogP contribution in [0.5, 0.6) is 0 Å². The molecule has 1 aromatic carbocycles. The molecule has 2 atom stereocenters. The number of carbonyl (C=O) groups is 2. The van der Waals surface area contributed by atoms with E-state index in [1.807, 2.05) is 32.0 Å². The zero-order valence-corrected chi connectivity index (χ0v) is 11.5. The standard InChI is InChI=1S/C16H20O3/c1-10-7-8-11(2)14(9-10)15(17)12-5-3-4-6-13(12)16(18)19/h7-9,12-13H,3-6H2,1-2H3,(H,18,19)/t12-,13-/m0/s1. The number of ketones is 1. The lowest BCUT2D eigenvalue weighted by molar-refractivity contribution is -0.144. The van der Waals surface area contributed by atoms with Gasteiger partial charge >= 0.3 is 5.97 Å². The average Bonchev–Trinajstić information content (AvgIpc) is 2.40. The lowest BCUT2D eigenvalue weighted by Gasteiger charge is -2.27. The summed E-state index contributed by atoms with van der Waals surface area (Å²) in [5.41, 5.74) is 2.67. The van der Waals surface area contributed by atoms with Gasteiger partial charge in [0.05, 0.1) is 5.92 Å². The first-order chi connectivity index (χ1) is 9.00. The molecule has 1 fully saturated rings. The molecule has 0 spiro atoms. The molecule has 0 radical (unpaired) electrons. The van der Waals surface area contributed by atoms with E-state index in [0.717, 1.165) is 24.0 Å². The highest BCUT2D eigenvalue weighted by atomic mass is 16.4. The summed E-state index contributed by atoms with van der Waals surface area (Å²) in [4.78, 5) is 23.9. The number of Topliss-reactive ketones (excluding diaryl/α,β-unsaturated/α-hetero) is 1. The molecule has 0 heterocycles. The van der Waals surface area contributed by atoms with Crippen LogP contribution in [0.25, 0.3) is 0 Å². The minimum Gasteiger partial charge on any atom is -0.481 e. The maximum atomic E-state index is 12.6. The molecule has 0 bridgehead atoms. The minimum atomic E-state index is -0.830. The van der Waals surface area contributed by atoms with E-state index in [4.69, 9.17) is 0 Å². The summed E-state index contributed by atoms with van der Waals surface area (Å²) in [7, 11) is 0. The Morgan fingerprint density at radius 2 is 1.74 bits per heavy atom. The van der Waals surface area contributed by atoms with Gasteiger partial charge in [-0.25, -0.2) is 0 Å². The number of carboxylic acid groups (broad SMARTS) is 1. The van der Waals surface area contributed by atoms with Gasteiger partial charge in [0.25, 0.3) is 0 Å². The molecule has 102 valence electrons. The van der Waals surface area contributed by atoms with Crippen LogP contribution in [0, 0.1) is 25.7 Å². The molecule has 2 rings (SSSR count). The third-order valence-electron chi connectivity index (χ3n) is 4.08. The first-order valence-corrected chi connectivity index (χ1v) is 6.85. The molecule has 0 amide bonds. The lowest BCUT2D eigenvalue weighted by atomic mass is 9.75. The molecule has 1 aliphatic carbocycles. The second-order valence-electron chi connectivity index (χ2n) is 5.52. The van der Waals surface area contributed by atoms with Gasteiger partial charge < -0.3 is 5.11 Å². The third-order valence-corrected chi connectivity index (χ3v) is 4.08. The Labute approximate surface area is 113 Å². The summed E-state index contributed by atoms with van der Waals surface area (Å²) in [5, 5.41) is 9.28. The van der Waals surface area contributed by atoms with Crippen LogP contribution in [0.1, 0.15) is 47.2 Å². The van der Waals surface area contributed by atoms with Crippen LogP contribution >= 0.6 is 0 Å². The van der Waals surface area contributed by atoms with Crippen molar-refractivity contribution in [2.75, 3.05) is 0 Å². The largest absolute Gasteiger partial charge is 0.481 e. The lowest BCUT2D eigenvalue weighted by Crippen LogP contribution is -2.33. The van der Waals surface area contributed by atoms with Gasteiger partial charge in [-0.05, 0) is 38.3 Å². The molecule has 3 heteroatoms. The van der Waals surface area contributed by atoms with E-state index in [9.17, 15) is 14.7 Å². The average molecular weight is 260 g/mol. The van der Waals surface area contributed by atoms with Crippen molar-refractivity contribution in [1.29, 1.82) is 0 Å². The van der Waals surface area contributed by atoms with E-state index in [0.29, 0.717) is 18.4 Å². The zero-order chi connectivity index (χ0) is 14.0. The minimum absolute atomic E-state index is 0.00769. The van der Waals surface area contributed by atoms with Crippen LogP contribution in [-0.2, 0) is 4.79 Å². The van der Waals surface area contributed by atoms with Crippen molar-refractivity contribution in [3.05, 3.63) is 34.9 Å². The molecule has 1 saturated carbocycles. The fourth-order valence-electron chi connectivity index (χ4n) is 2.94. The van der Waals surface area contributed by atoms with E-state index in [-0.39, 0.29) is 11.7 Å². The Morgan fingerprint density at radius 3 is 2.37 bits per heavy atom. The number of carboxylic acids is 1. The molecule has 0 saturated heterocycles. The molecule has 3 nitrogen and oxygen atoms in total.